The Balaban J connectivity index is 1.90. The minimum atomic E-state index is 0.183. The van der Waals surface area contributed by atoms with Crippen LogP contribution in [-0.2, 0) is 0 Å². The van der Waals surface area contributed by atoms with Crippen molar-refractivity contribution in [1.29, 1.82) is 0 Å². The normalized spacial score (nSPS) is 18.4. The van der Waals surface area contributed by atoms with Gasteiger partial charge in [-0.3, -0.25) is 0 Å². The minimum absolute atomic E-state index is 0.183. The average molecular weight is 227 g/mol. The summed E-state index contributed by atoms with van der Waals surface area (Å²) in [6.07, 6.45) is 6.92. The summed E-state index contributed by atoms with van der Waals surface area (Å²) in [6, 6.07) is 8.09. The number of fused-ring (bicyclic) bond motifs is 1. The number of hydrogen-bond acceptors (Lipinski definition) is 3. The Morgan fingerprint density at radius 3 is 2.76 bits per heavy atom. The summed E-state index contributed by atoms with van der Waals surface area (Å²) in [5, 5.41) is 4.58. The first-order valence-corrected chi connectivity index (χ1v) is 6.25. The molecule has 0 atom stereocenters. The number of anilines is 1. The van der Waals surface area contributed by atoms with Gasteiger partial charge < -0.3 is 5.32 Å². The van der Waals surface area contributed by atoms with Crippen LogP contribution in [0.25, 0.3) is 10.9 Å². The van der Waals surface area contributed by atoms with Gasteiger partial charge in [-0.15, -0.1) is 0 Å². The van der Waals surface area contributed by atoms with E-state index in [0.29, 0.717) is 0 Å². The van der Waals surface area contributed by atoms with Gasteiger partial charge in [0.15, 0.2) is 0 Å². The smallest absolute Gasteiger partial charge is 0.223 e. The fourth-order valence-electron chi connectivity index (χ4n) is 2.58. The Bertz CT molecular complexity index is 530. The summed E-state index contributed by atoms with van der Waals surface area (Å²) in [5.41, 5.74) is 1.19. The molecule has 3 rings (SSSR count). The molecule has 3 heteroatoms. The molecule has 0 aliphatic heterocycles. The van der Waals surface area contributed by atoms with Crippen molar-refractivity contribution >= 4 is 16.9 Å². The molecule has 1 fully saturated rings. The van der Waals surface area contributed by atoms with E-state index in [-0.39, 0.29) is 5.54 Å². The third kappa shape index (κ3) is 2.09. The third-order valence-electron chi connectivity index (χ3n) is 3.61. The van der Waals surface area contributed by atoms with Crippen molar-refractivity contribution in [3.63, 3.8) is 0 Å². The molecule has 0 saturated heterocycles. The van der Waals surface area contributed by atoms with Crippen molar-refractivity contribution < 1.29 is 0 Å². The molecule has 17 heavy (non-hydrogen) atoms. The highest BCUT2D eigenvalue weighted by atomic mass is 15.1. The first-order valence-electron chi connectivity index (χ1n) is 6.25. The molecule has 1 heterocycles. The topological polar surface area (TPSA) is 37.8 Å². The number of rotatable bonds is 2. The van der Waals surface area contributed by atoms with Crippen molar-refractivity contribution in [2.75, 3.05) is 5.32 Å². The lowest BCUT2D eigenvalue weighted by Crippen LogP contribution is -2.31. The molecular formula is C14H17N3. The zero-order valence-corrected chi connectivity index (χ0v) is 10.1. The zero-order chi connectivity index (χ0) is 11.7. The fourth-order valence-corrected chi connectivity index (χ4v) is 2.58. The van der Waals surface area contributed by atoms with Crippen LogP contribution in [-0.4, -0.2) is 15.5 Å². The molecule has 0 radical (unpaired) electrons. The summed E-state index contributed by atoms with van der Waals surface area (Å²) in [6.45, 7) is 2.26. The predicted octanol–water partition coefficient (Wildman–Crippen LogP) is 3.37. The van der Waals surface area contributed by atoms with Crippen LogP contribution in [0.3, 0.4) is 0 Å². The number of nitrogens with zero attached hydrogens (tertiary/aromatic N) is 2. The van der Waals surface area contributed by atoms with Crippen LogP contribution in [0, 0.1) is 0 Å². The van der Waals surface area contributed by atoms with E-state index in [0.717, 1.165) is 16.9 Å². The van der Waals surface area contributed by atoms with Crippen molar-refractivity contribution in [1.82, 2.24) is 9.97 Å². The lowest BCUT2D eigenvalue weighted by molar-refractivity contribution is 0.528. The number of hydrogen-bond donors (Lipinski definition) is 1. The second kappa shape index (κ2) is 3.99. The van der Waals surface area contributed by atoms with Gasteiger partial charge in [-0.05, 0) is 25.8 Å². The molecule has 1 aromatic heterocycles. The van der Waals surface area contributed by atoms with E-state index in [1.807, 2.05) is 30.5 Å². The summed E-state index contributed by atoms with van der Waals surface area (Å²) >= 11 is 0. The summed E-state index contributed by atoms with van der Waals surface area (Å²) < 4.78 is 0. The van der Waals surface area contributed by atoms with Gasteiger partial charge in [0.2, 0.25) is 5.95 Å². The largest absolute Gasteiger partial charge is 0.349 e. The molecule has 1 aliphatic rings. The summed E-state index contributed by atoms with van der Waals surface area (Å²) in [4.78, 5) is 8.96. The molecule has 1 aliphatic carbocycles. The zero-order valence-electron chi connectivity index (χ0n) is 10.1. The first kappa shape index (κ1) is 10.5. The van der Waals surface area contributed by atoms with Gasteiger partial charge in [0.1, 0.15) is 0 Å². The van der Waals surface area contributed by atoms with Crippen molar-refractivity contribution in [3.8, 4) is 0 Å². The minimum Gasteiger partial charge on any atom is -0.349 e. The Labute approximate surface area is 101 Å². The molecule has 1 saturated carbocycles. The molecule has 2 aromatic rings. The lowest BCUT2D eigenvalue weighted by atomic mass is 10.0. The van der Waals surface area contributed by atoms with Gasteiger partial charge in [0, 0.05) is 17.1 Å². The van der Waals surface area contributed by atoms with Crippen molar-refractivity contribution in [2.24, 2.45) is 0 Å². The first-order chi connectivity index (χ1) is 8.25. The predicted molar refractivity (Wildman–Crippen MR) is 70.0 cm³/mol. The Morgan fingerprint density at radius 1 is 1.18 bits per heavy atom. The maximum absolute atomic E-state index is 4.56. The Kier molecular flexibility index (Phi) is 2.46. The van der Waals surface area contributed by atoms with Crippen LogP contribution in [0.15, 0.2) is 30.5 Å². The van der Waals surface area contributed by atoms with Crippen molar-refractivity contribution in [2.45, 2.75) is 38.1 Å². The highest BCUT2D eigenvalue weighted by molar-refractivity contribution is 5.78. The number of aromatic nitrogens is 2. The van der Waals surface area contributed by atoms with Crippen LogP contribution < -0.4 is 5.32 Å². The van der Waals surface area contributed by atoms with Gasteiger partial charge in [0.05, 0.1) is 5.52 Å². The van der Waals surface area contributed by atoms with Gasteiger partial charge in [-0.25, -0.2) is 9.97 Å². The molecule has 3 nitrogen and oxygen atoms in total. The van der Waals surface area contributed by atoms with Gasteiger partial charge in [-0.1, -0.05) is 31.0 Å². The summed E-state index contributed by atoms with van der Waals surface area (Å²) in [5.74, 6) is 0.758. The summed E-state index contributed by atoms with van der Waals surface area (Å²) in [7, 11) is 0. The van der Waals surface area contributed by atoms with E-state index in [4.69, 9.17) is 0 Å². The highest BCUT2D eigenvalue weighted by Crippen LogP contribution is 2.31. The fraction of sp³-hybridized carbons (Fsp3) is 0.429. The molecule has 0 spiro atoms. The number of para-hydroxylation sites is 1. The molecule has 1 N–H and O–H groups in total. The third-order valence-corrected chi connectivity index (χ3v) is 3.61. The molecule has 0 amide bonds. The maximum atomic E-state index is 4.56. The van der Waals surface area contributed by atoms with E-state index in [2.05, 4.69) is 22.2 Å². The monoisotopic (exact) mass is 227 g/mol. The van der Waals surface area contributed by atoms with Gasteiger partial charge in [0.25, 0.3) is 0 Å². The molecule has 1 aromatic carbocycles. The second-order valence-electron chi connectivity index (χ2n) is 5.15. The average Bonchev–Trinajstić information content (AvgIpc) is 2.76. The Hall–Kier alpha value is -1.64. The van der Waals surface area contributed by atoms with Crippen LogP contribution in [0.4, 0.5) is 5.95 Å². The van der Waals surface area contributed by atoms with Crippen molar-refractivity contribution in [3.05, 3.63) is 30.5 Å². The standard InChI is InChI=1S/C14H17N3/c1-14(8-4-5-9-14)17-13-15-10-11-6-2-3-7-12(11)16-13/h2-3,6-7,10H,4-5,8-9H2,1H3,(H,15,16,17). The van der Waals surface area contributed by atoms with Gasteiger partial charge >= 0.3 is 0 Å². The quantitative estimate of drug-likeness (QED) is 0.854. The molecule has 0 unspecified atom stereocenters. The van der Waals surface area contributed by atoms with Gasteiger partial charge in [-0.2, -0.15) is 0 Å². The lowest BCUT2D eigenvalue weighted by Gasteiger charge is -2.25. The van der Waals surface area contributed by atoms with Crippen LogP contribution in [0.1, 0.15) is 32.6 Å². The number of benzene rings is 1. The number of nitrogens with one attached hydrogen (secondary N) is 1. The van der Waals surface area contributed by atoms with E-state index in [9.17, 15) is 0 Å². The van der Waals surface area contributed by atoms with Crippen LogP contribution in [0.2, 0.25) is 0 Å². The highest BCUT2D eigenvalue weighted by Gasteiger charge is 2.28. The maximum Gasteiger partial charge on any atom is 0.223 e. The SMILES string of the molecule is CC1(Nc2ncc3ccccc3n2)CCCC1. The molecule has 0 bridgehead atoms. The van der Waals surface area contributed by atoms with E-state index >= 15 is 0 Å². The molecular weight excluding hydrogens is 210 g/mol. The van der Waals surface area contributed by atoms with Crippen LogP contribution >= 0.6 is 0 Å². The van der Waals surface area contributed by atoms with Crippen LogP contribution in [0.5, 0.6) is 0 Å². The Morgan fingerprint density at radius 2 is 1.94 bits per heavy atom. The van der Waals surface area contributed by atoms with E-state index in [1.54, 1.807) is 0 Å². The van der Waals surface area contributed by atoms with E-state index < -0.39 is 0 Å². The molecule has 88 valence electrons. The van der Waals surface area contributed by atoms with E-state index in [1.165, 1.54) is 25.7 Å². The second-order valence-corrected chi connectivity index (χ2v) is 5.15.